The predicted octanol–water partition coefficient (Wildman–Crippen LogP) is 14.7. The molecular formula is C49H101NO5. The van der Waals surface area contributed by atoms with Crippen LogP contribution in [0.15, 0.2) is 0 Å². The first-order valence-electron chi connectivity index (χ1n) is 25.0. The van der Waals surface area contributed by atoms with E-state index >= 15 is 0 Å². The van der Waals surface area contributed by atoms with Crippen LogP contribution < -0.4 is 0 Å². The van der Waals surface area contributed by atoms with Gasteiger partial charge in [-0.1, -0.05) is 169 Å². The fourth-order valence-corrected chi connectivity index (χ4v) is 7.42. The highest BCUT2D eigenvalue weighted by molar-refractivity contribution is 4.62. The largest absolute Gasteiger partial charge is 0.396 e. The zero-order valence-electron chi connectivity index (χ0n) is 38.1. The molecule has 0 saturated carbocycles. The van der Waals surface area contributed by atoms with Gasteiger partial charge in [0.15, 0.2) is 12.6 Å². The molecule has 0 aromatic carbocycles. The lowest BCUT2D eigenvalue weighted by molar-refractivity contribution is -0.148. The van der Waals surface area contributed by atoms with Crippen LogP contribution in [0.1, 0.15) is 252 Å². The summed E-state index contributed by atoms with van der Waals surface area (Å²) < 4.78 is 25.2. The molecule has 0 aliphatic carbocycles. The Morgan fingerprint density at radius 3 is 0.855 bits per heavy atom. The van der Waals surface area contributed by atoms with Crippen molar-refractivity contribution in [3.05, 3.63) is 0 Å². The molecule has 0 unspecified atom stereocenters. The molecule has 6 nitrogen and oxygen atoms in total. The van der Waals surface area contributed by atoms with E-state index in [1.165, 1.54) is 186 Å². The van der Waals surface area contributed by atoms with E-state index < -0.39 is 0 Å². The number of aliphatic hydroxyl groups is 1. The number of hydrogen-bond acceptors (Lipinski definition) is 6. The SMILES string of the molecule is CCCCCCCCOC(CCCCCN(CCCCCO)CCCCCC(OCCCCCCCC)OCCCCCCCC)OCCCCCCCC. The van der Waals surface area contributed by atoms with Crippen LogP contribution in [0.2, 0.25) is 0 Å². The van der Waals surface area contributed by atoms with Gasteiger partial charge >= 0.3 is 0 Å². The zero-order chi connectivity index (χ0) is 40.0. The van der Waals surface area contributed by atoms with Gasteiger partial charge < -0.3 is 29.0 Å². The molecule has 0 aromatic rings. The van der Waals surface area contributed by atoms with Crippen molar-refractivity contribution in [1.82, 2.24) is 4.90 Å². The van der Waals surface area contributed by atoms with Crippen LogP contribution in [-0.2, 0) is 18.9 Å². The first-order chi connectivity index (χ1) is 27.2. The van der Waals surface area contributed by atoms with Crippen molar-refractivity contribution in [2.45, 2.75) is 265 Å². The molecule has 0 heterocycles. The molecule has 0 amide bonds. The number of nitrogens with zero attached hydrogens (tertiary/aromatic N) is 1. The van der Waals surface area contributed by atoms with E-state index in [1.807, 2.05) is 0 Å². The van der Waals surface area contributed by atoms with Crippen LogP contribution >= 0.6 is 0 Å². The van der Waals surface area contributed by atoms with Crippen molar-refractivity contribution in [3.8, 4) is 0 Å². The molecule has 0 saturated heterocycles. The minimum atomic E-state index is -0.0331. The normalized spacial score (nSPS) is 12.0. The summed E-state index contributed by atoms with van der Waals surface area (Å²) in [5.74, 6) is 0. The van der Waals surface area contributed by atoms with Crippen molar-refractivity contribution < 1.29 is 24.1 Å². The van der Waals surface area contributed by atoms with Crippen LogP contribution in [0.4, 0.5) is 0 Å². The zero-order valence-corrected chi connectivity index (χ0v) is 38.1. The molecule has 6 heteroatoms. The van der Waals surface area contributed by atoms with Crippen LogP contribution in [-0.4, -0.2) is 75.3 Å². The second-order valence-corrected chi connectivity index (χ2v) is 16.7. The average molecular weight is 784 g/mol. The lowest BCUT2D eigenvalue weighted by atomic mass is 10.1. The third-order valence-electron chi connectivity index (χ3n) is 11.2. The first-order valence-corrected chi connectivity index (χ1v) is 25.0. The molecule has 332 valence electrons. The Morgan fingerprint density at radius 2 is 0.564 bits per heavy atom. The minimum absolute atomic E-state index is 0.0331. The maximum absolute atomic E-state index is 9.31. The van der Waals surface area contributed by atoms with Gasteiger partial charge in [0.2, 0.25) is 0 Å². The Kier molecular flexibility index (Phi) is 47.9. The van der Waals surface area contributed by atoms with Gasteiger partial charge in [0, 0.05) is 33.0 Å². The highest BCUT2D eigenvalue weighted by Crippen LogP contribution is 2.16. The summed E-state index contributed by atoms with van der Waals surface area (Å²) >= 11 is 0. The maximum atomic E-state index is 9.31. The van der Waals surface area contributed by atoms with Crippen molar-refractivity contribution in [1.29, 1.82) is 0 Å². The van der Waals surface area contributed by atoms with Crippen LogP contribution in [0, 0.1) is 0 Å². The lowest BCUT2D eigenvalue weighted by Gasteiger charge is -2.23. The van der Waals surface area contributed by atoms with Crippen molar-refractivity contribution >= 4 is 0 Å². The Balaban J connectivity index is 4.65. The smallest absolute Gasteiger partial charge is 0.157 e. The van der Waals surface area contributed by atoms with E-state index in [9.17, 15) is 5.11 Å². The number of ether oxygens (including phenoxy) is 4. The van der Waals surface area contributed by atoms with E-state index in [2.05, 4.69) is 32.6 Å². The monoisotopic (exact) mass is 784 g/mol. The van der Waals surface area contributed by atoms with E-state index in [4.69, 9.17) is 18.9 Å². The molecule has 0 aromatic heterocycles. The van der Waals surface area contributed by atoms with Crippen molar-refractivity contribution in [2.75, 3.05) is 52.7 Å². The molecule has 0 aliphatic rings. The molecule has 55 heavy (non-hydrogen) atoms. The lowest BCUT2D eigenvalue weighted by Crippen LogP contribution is -2.27. The van der Waals surface area contributed by atoms with E-state index in [-0.39, 0.29) is 12.6 Å². The van der Waals surface area contributed by atoms with Gasteiger partial charge in [-0.2, -0.15) is 0 Å². The fraction of sp³-hybridized carbons (Fsp3) is 1.00. The average Bonchev–Trinajstić information content (AvgIpc) is 3.19. The Bertz CT molecular complexity index is 596. The summed E-state index contributed by atoms with van der Waals surface area (Å²) in [6.45, 7) is 16.3. The highest BCUT2D eigenvalue weighted by Gasteiger charge is 2.12. The number of aliphatic hydroxyl groups excluding tert-OH is 1. The third kappa shape index (κ3) is 43.2. The molecular weight excluding hydrogens is 683 g/mol. The molecule has 0 spiro atoms. The Morgan fingerprint density at radius 1 is 0.309 bits per heavy atom. The van der Waals surface area contributed by atoms with Crippen LogP contribution in [0.5, 0.6) is 0 Å². The molecule has 0 bridgehead atoms. The predicted molar refractivity (Wildman–Crippen MR) is 239 cm³/mol. The van der Waals surface area contributed by atoms with Crippen molar-refractivity contribution in [2.24, 2.45) is 0 Å². The van der Waals surface area contributed by atoms with Crippen molar-refractivity contribution in [3.63, 3.8) is 0 Å². The minimum Gasteiger partial charge on any atom is -0.396 e. The van der Waals surface area contributed by atoms with Crippen LogP contribution in [0.3, 0.4) is 0 Å². The summed E-state index contributed by atoms with van der Waals surface area (Å²) in [7, 11) is 0. The quantitative estimate of drug-likeness (QED) is 0.0490. The van der Waals surface area contributed by atoms with Gasteiger partial charge in [-0.05, 0) is 103 Å². The molecule has 1 N–H and O–H groups in total. The summed E-state index contributed by atoms with van der Waals surface area (Å²) in [4.78, 5) is 2.69. The van der Waals surface area contributed by atoms with Gasteiger partial charge in [-0.15, -0.1) is 0 Å². The summed E-state index contributed by atoms with van der Waals surface area (Å²) in [6, 6.07) is 0. The van der Waals surface area contributed by atoms with Gasteiger partial charge in [0.1, 0.15) is 0 Å². The molecule has 0 fully saturated rings. The number of hydrogen-bond donors (Lipinski definition) is 1. The van der Waals surface area contributed by atoms with E-state index in [0.717, 1.165) is 84.3 Å². The van der Waals surface area contributed by atoms with E-state index in [1.54, 1.807) is 0 Å². The third-order valence-corrected chi connectivity index (χ3v) is 11.2. The van der Waals surface area contributed by atoms with Gasteiger partial charge in [0.05, 0.1) is 0 Å². The van der Waals surface area contributed by atoms with Gasteiger partial charge in [-0.25, -0.2) is 0 Å². The van der Waals surface area contributed by atoms with Gasteiger partial charge in [-0.3, -0.25) is 0 Å². The number of rotatable bonds is 49. The maximum Gasteiger partial charge on any atom is 0.157 e. The van der Waals surface area contributed by atoms with Gasteiger partial charge in [0.25, 0.3) is 0 Å². The summed E-state index contributed by atoms with van der Waals surface area (Å²) in [6.07, 6.45) is 43.6. The first kappa shape index (κ1) is 54.8. The molecule has 0 atom stereocenters. The molecule has 0 rings (SSSR count). The molecule has 0 aliphatic heterocycles. The Hall–Kier alpha value is -0.240. The molecule has 0 radical (unpaired) electrons. The summed E-state index contributed by atoms with van der Waals surface area (Å²) in [5.41, 5.74) is 0. The topological polar surface area (TPSA) is 60.4 Å². The van der Waals surface area contributed by atoms with Crippen LogP contribution in [0.25, 0.3) is 0 Å². The highest BCUT2D eigenvalue weighted by atomic mass is 16.7. The fourth-order valence-electron chi connectivity index (χ4n) is 7.42. The van der Waals surface area contributed by atoms with E-state index in [0.29, 0.717) is 6.61 Å². The number of unbranched alkanes of at least 4 members (excludes halogenated alkanes) is 26. The Labute approximate surface area is 345 Å². The second-order valence-electron chi connectivity index (χ2n) is 16.7. The standard InChI is InChI=1S/C49H101NO5/c1-5-9-13-17-21-34-44-52-48(53-45-35-22-18-14-10-6-2)38-28-25-30-40-50(42-32-27-33-43-51)41-31-26-29-39-49(54-46-36-23-19-15-11-7-3)55-47-37-24-20-16-12-8-4/h48-49,51H,5-47H2,1-4H3. The summed E-state index contributed by atoms with van der Waals surface area (Å²) in [5, 5.41) is 9.31. The second kappa shape index (κ2) is 48.1.